The molecule has 0 atom stereocenters. The van der Waals surface area contributed by atoms with Gasteiger partial charge in [0.05, 0.1) is 0 Å². The monoisotopic (exact) mass is 514 g/mol. The zero-order valence-corrected chi connectivity index (χ0v) is 20.3. The van der Waals surface area contributed by atoms with Gasteiger partial charge in [0.15, 0.2) is 0 Å². The van der Waals surface area contributed by atoms with Crippen LogP contribution in [0.1, 0.15) is 44.9 Å². The van der Waals surface area contributed by atoms with E-state index in [9.17, 15) is 0 Å². The van der Waals surface area contributed by atoms with Crippen molar-refractivity contribution in [2.24, 2.45) is 5.92 Å². The fourth-order valence-electron chi connectivity index (χ4n) is 5.20. The standard InChI is InChI=1S/C27H32IP/c28-29(25-17-7-2-8-18-25,26-19-9-3-10-20-26,27-21-11-4-12-22-27)23-13-16-24-14-5-1-6-15-24/h2-4,7-12,17-22,24H,1,5-6,13-16,23H2. The molecule has 0 nitrogen and oxygen atoms in total. The van der Waals surface area contributed by atoms with Gasteiger partial charge < -0.3 is 0 Å². The molecule has 4 rings (SSSR count). The van der Waals surface area contributed by atoms with Crippen LogP contribution in [-0.4, -0.2) is 6.16 Å². The number of rotatable bonds is 7. The summed E-state index contributed by atoms with van der Waals surface area (Å²) < 4.78 is -2.55. The predicted molar refractivity (Wildman–Crippen MR) is 140 cm³/mol. The third kappa shape index (κ3) is 4.19. The Balaban J connectivity index is 1.80. The summed E-state index contributed by atoms with van der Waals surface area (Å²) in [5.41, 5.74) is 0. The Morgan fingerprint density at radius 3 is 1.45 bits per heavy atom. The second-order valence-corrected chi connectivity index (χ2v) is 19.3. The van der Waals surface area contributed by atoms with E-state index in [-0.39, 0.29) is 0 Å². The third-order valence-corrected chi connectivity index (χ3v) is 18.5. The molecule has 2 heteroatoms. The van der Waals surface area contributed by atoms with Gasteiger partial charge in [-0.15, -0.1) is 0 Å². The Kier molecular flexibility index (Phi) is 6.76. The van der Waals surface area contributed by atoms with Crippen LogP contribution in [0.3, 0.4) is 0 Å². The summed E-state index contributed by atoms with van der Waals surface area (Å²) in [6.07, 6.45) is 11.2. The maximum absolute atomic E-state index is 2.93. The van der Waals surface area contributed by atoms with Crippen molar-refractivity contribution in [1.29, 1.82) is 0 Å². The second-order valence-electron chi connectivity index (χ2n) is 8.56. The van der Waals surface area contributed by atoms with Gasteiger partial charge in [-0.1, -0.05) is 0 Å². The van der Waals surface area contributed by atoms with Crippen LogP contribution in [0.25, 0.3) is 0 Å². The van der Waals surface area contributed by atoms with Crippen LogP contribution in [0.2, 0.25) is 0 Å². The first kappa shape index (κ1) is 21.1. The molecule has 0 unspecified atom stereocenters. The van der Waals surface area contributed by atoms with Gasteiger partial charge in [0, 0.05) is 0 Å². The van der Waals surface area contributed by atoms with Crippen molar-refractivity contribution in [2.75, 3.05) is 6.16 Å². The van der Waals surface area contributed by atoms with E-state index in [1.54, 1.807) is 0 Å². The summed E-state index contributed by atoms with van der Waals surface area (Å²) in [6, 6.07) is 34.1. The number of halogens is 1. The molecular formula is C27H32IP. The van der Waals surface area contributed by atoms with Crippen LogP contribution < -0.4 is 15.9 Å². The van der Waals surface area contributed by atoms with Gasteiger partial charge in [-0.25, -0.2) is 0 Å². The van der Waals surface area contributed by atoms with Gasteiger partial charge in [-0.3, -0.25) is 0 Å². The molecular weight excluding hydrogens is 482 g/mol. The van der Waals surface area contributed by atoms with Crippen molar-refractivity contribution in [3.8, 4) is 0 Å². The molecule has 0 amide bonds. The summed E-state index contributed by atoms with van der Waals surface area (Å²) in [5, 5.41) is 4.54. The van der Waals surface area contributed by atoms with Crippen molar-refractivity contribution < 1.29 is 0 Å². The summed E-state index contributed by atoms with van der Waals surface area (Å²) in [5.74, 6) is 0.941. The Hall–Kier alpha value is -1.18. The minimum atomic E-state index is -2.55. The molecule has 1 aliphatic carbocycles. The van der Waals surface area contributed by atoms with Gasteiger partial charge in [0.2, 0.25) is 0 Å². The average molecular weight is 514 g/mol. The molecule has 0 aliphatic heterocycles. The normalized spacial score (nSPS) is 16.8. The molecule has 1 saturated carbocycles. The zero-order chi connectivity index (χ0) is 20.0. The number of hydrogen-bond acceptors (Lipinski definition) is 0. The van der Waals surface area contributed by atoms with Gasteiger partial charge >= 0.3 is 190 Å². The van der Waals surface area contributed by atoms with Gasteiger partial charge in [0.1, 0.15) is 0 Å². The molecule has 3 aromatic rings. The Morgan fingerprint density at radius 1 is 0.621 bits per heavy atom. The number of benzene rings is 3. The molecule has 1 fully saturated rings. The van der Waals surface area contributed by atoms with Crippen molar-refractivity contribution >= 4 is 42.2 Å². The van der Waals surface area contributed by atoms with E-state index in [1.165, 1.54) is 67.0 Å². The summed E-state index contributed by atoms with van der Waals surface area (Å²) >= 11 is 2.93. The quantitative estimate of drug-likeness (QED) is 0.231. The van der Waals surface area contributed by atoms with E-state index in [0.717, 1.165) is 5.92 Å². The first-order valence-electron chi connectivity index (χ1n) is 11.1. The first-order valence-corrected chi connectivity index (χ1v) is 16.3. The topological polar surface area (TPSA) is 0 Å². The van der Waals surface area contributed by atoms with Crippen molar-refractivity contribution in [3.63, 3.8) is 0 Å². The van der Waals surface area contributed by atoms with Crippen LogP contribution in [0.5, 0.6) is 0 Å². The molecule has 152 valence electrons. The van der Waals surface area contributed by atoms with Crippen molar-refractivity contribution in [3.05, 3.63) is 91.0 Å². The molecule has 0 bridgehead atoms. The van der Waals surface area contributed by atoms with Gasteiger partial charge in [-0.05, 0) is 0 Å². The summed E-state index contributed by atoms with van der Waals surface area (Å²) in [6.45, 7) is 0. The predicted octanol–water partition coefficient (Wildman–Crippen LogP) is 7.23. The molecule has 0 aromatic heterocycles. The van der Waals surface area contributed by atoms with E-state index < -0.39 is 4.25 Å². The van der Waals surface area contributed by atoms with E-state index in [0.29, 0.717) is 0 Å². The molecule has 3 aromatic carbocycles. The summed E-state index contributed by atoms with van der Waals surface area (Å²) in [4.78, 5) is 0. The molecule has 0 heterocycles. The Bertz CT molecular complexity index is 786. The van der Waals surface area contributed by atoms with Crippen LogP contribution in [0, 0.1) is 5.92 Å². The molecule has 29 heavy (non-hydrogen) atoms. The molecule has 0 radical (unpaired) electrons. The van der Waals surface area contributed by atoms with Crippen LogP contribution in [0.15, 0.2) is 91.0 Å². The minimum absolute atomic E-state index is 0.941. The second kappa shape index (κ2) is 9.31. The molecule has 1 aliphatic rings. The van der Waals surface area contributed by atoms with Crippen molar-refractivity contribution in [2.45, 2.75) is 44.9 Å². The first-order chi connectivity index (χ1) is 14.2. The average Bonchev–Trinajstić information content (AvgIpc) is 2.81. The van der Waals surface area contributed by atoms with E-state index >= 15 is 0 Å². The summed E-state index contributed by atoms with van der Waals surface area (Å²) in [7, 11) is 0. The fraction of sp³-hybridized carbons (Fsp3) is 0.333. The Labute approximate surface area is 189 Å². The zero-order valence-electron chi connectivity index (χ0n) is 17.2. The van der Waals surface area contributed by atoms with E-state index in [1.807, 2.05) is 0 Å². The maximum atomic E-state index is 2.93. The van der Waals surface area contributed by atoms with Crippen LogP contribution in [0.4, 0.5) is 0 Å². The van der Waals surface area contributed by atoms with E-state index in [2.05, 4.69) is 113 Å². The molecule has 0 spiro atoms. The Morgan fingerprint density at radius 2 is 1.03 bits per heavy atom. The van der Waals surface area contributed by atoms with Gasteiger partial charge in [0.25, 0.3) is 0 Å². The molecule has 0 N–H and O–H groups in total. The SMILES string of the molecule is IP(CCCC1CCCCC1)(c1ccccc1)(c1ccccc1)c1ccccc1. The van der Waals surface area contributed by atoms with Crippen LogP contribution >= 0.6 is 26.3 Å². The molecule has 0 saturated heterocycles. The number of hydrogen-bond donors (Lipinski definition) is 0. The fourth-order valence-corrected chi connectivity index (χ4v) is 13.9. The van der Waals surface area contributed by atoms with E-state index in [4.69, 9.17) is 0 Å². The van der Waals surface area contributed by atoms with Crippen molar-refractivity contribution in [1.82, 2.24) is 0 Å². The van der Waals surface area contributed by atoms with Crippen LogP contribution in [-0.2, 0) is 0 Å². The third-order valence-electron chi connectivity index (χ3n) is 6.80. The van der Waals surface area contributed by atoms with Gasteiger partial charge in [-0.2, -0.15) is 0 Å².